The van der Waals surface area contributed by atoms with E-state index in [1.807, 2.05) is 31.2 Å². The van der Waals surface area contributed by atoms with Crippen molar-refractivity contribution < 1.29 is 4.74 Å². The van der Waals surface area contributed by atoms with Gasteiger partial charge in [-0.3, -0.25) is 0 Å². The van der Waals surface area contributed by atoms with Gasteiger partial charge in [0.2, 0.25) is 0 Å². The quantitative estimate of drug-likeness (QED) is 0.545. The molecule has 0 aliphatic carbocycles. The van der Waals surface area contributed by atoms with E-state index < -0.39 is 0 Å². The first-order valence-electron chi connectivity index (χ1n) is 6.65. The highest BCUT2D eigenvalue weighted by molar-refractivity contribution is 9.10. The average molecular weight is 352 g/mol. The smallest absolute Gasteiger partial charge is 0.159 e. The van der Waals surface area contributed by atoms with Crippen LogP contribution in [0.2, 0.25) is 0 Å². The van der Waals surface area contributed by atoms with Crippen LogP contribution in [0.15, 0.2) is 35.1 Å². The van der Waals surface area contributed by atoms with Gasteiger partial charge in [-0.05, 0) is 41.4 Å². The second kappa shape index (κ2) is 7.24. The Morgan fingerprint density at radius 2 is 2.10 bits per heavy atom. The highest BCUT2D eigenvalue weighted by Crippen LogP contribution is 2.29. The minimum Gasteiger partial charge on any atom is -0.491 e. The molecule has 1 aromatic heterocycles. The second-order valence-corrected chi connectivity index (χ2v) is 5.31. The van der Waals surface area contributed by atoms with Gasteiger partial charge in [0, 0.05) is 11.8 Å². The maximum Gasteiger partial charge on any atom is 0.159 e. The largest absolute Gasteiger partial charge is 0.491 e. The number of ether oxygens (including phenoxy) is 1. The van der Waals surface area contributed by atoms with Crippen LogP contribution in [-0.4, -0.2) is 16.1 Å². The summed E-state index contributed by atoms with van der Waals surface area (Å²) in [6, 6.07) is 7.72. The molecule has 0 spiro atoms. The van der Waals surface area contributed by atoms with Crippen LogP contribution < -0.4 is 21.3 Å². The van der Waals surface area contributed by atoms with E-state index in [1.165, 1.54) is 6.33 Å². The van der Waals surface area contributed by atoms with E-state index in [9.17, 15) is 0 Å². The van der Waals surface area contributed by atoms with Gasteiger partial charge in [-0.25, -0.2) is 15.8 Å². The molecule has 0 fully saturated rings. The Labute approximate surface area is 132 Å². The number of nitrogens with one attached hydrogen (secondary N) is 2. The molecule has 4 N–H and O–H groups in total. The number of nitrogens with zero attached hydrogens (tertiary/aromatic N) is 2. The fourth-order valence-corrected chi connectivity index (χ4v) is 2.08. The third-order valence-corrected chi connectivity index (χ3v) is 3.69. The topological polar surface area (TPSA) is 85.1 Å². The highest BCUT2D eigenvalue weighted by atomic mass is 79.9. The van der Waals surface area contributed by atoms with Gasteiger partial charge in [0.05, 0.1) is 6.10 Å². The van der Waals surface area contributed by atoms with Gasteiger partial charge in [0.25, 0.3) is 0 Å². The normalized spacial score (nSPS) is 11.8. The van der Waals surface area contributed by atoms with Crippen LogP contribution in [0.1, 0.15) is 20.3 Å². The molecule has 0 amide bonds. The molecule has 2 rings (SSSR count). The van der Waals surface area contributed by atoms with Crippen LogP contribution in [-0.2, 0) is 0 Å². The van der Waals surface area contributed by atoms with Crippen LogP contribution in [0.5, 0.6) is 5.75 Å². The van der Waals surface area contributed by atoms with Gasteiger partial charge in [0.1, 0.15) is 22.4 Å². The van der Waals surface area contributed by atoms with E-state index in [1.54, 1.807) is 0 Å². The third-order valence-electron chi connectivity index (χ3n) is 2.94. The summed E-state index contributed by atoms with van der Waals surface area (Å²) in [7, 11) is 0. The van der Waals surface area contributed by atoms with E-state index in [0.717, 1.165) is 17.9 Å². The van der Waals surface area contributed by atoms with Crippen LogP contribution in [0.4, 0.5) is 17.3 Å². The molecule has 1 unspecified atom stereocenters. The number of hydrogen-bond donors (Lipinski definition) is 3. The lowest BCUT2D eigenvalue weighted by Crippen LogP contribution is -2.11. The summed E-state index contributed by atoms with van der Waals surface area (Å²) < 4.78 is 6.47. The Kier molecular flexibility index (Phi) is 5.35. The average Bonchev–Trinajstić information content (AvgIpc) is 2.49. The van der Waals surface area contributed by atoms with Crippen LogP contribution in [0, 0.1) is 0 Å². The summed E-state index contributed by atoms with van der Waals surface area (Å²) in [5, 5.41) is 3.21. The lowest BCUT2D eigenvalue weighted by atomic mass is 10.2. The first-order chi connectivity index (χ1) is 10.1. The van der Waals surface area contributed by atoms with Crippen LogP contribution in [0.3, 0.4) is 0 Å². The molecule has 6 nitrogen and oxygen atoms in total. The first-order valence-corrected chi connectivity index (χ1v) is 7.44. The van der Waals surface area contributed by atoms with Gasteiger partial charge in [-0.15, -0.1) is 0 Å². The molecule has 1 heterocycles. The number of benzene rings is 1. The van der Waals surface area contributed by atoms with Crippen molar-refractivity contribution in [3.05, 3.63) is 35.1 Å². The summed E-state index contributed by atoms with van der Waals surface area (Å²) in [6.07, 6.45) is 2.57. The maximum absolute atomic E-state index is 5.80. The number of aromatic nitrogens is 2. The van der Waals surface area contributed by atoms with Crippen molar-refractivity contribution in [1.82, 2.24) is 9.97 Å². The summed E-state index contributed by atoms with van der Waals surface area (Å²) in [6.45, 7) is 4.13. The maximum atomic E-state index is 5.80. The number of hydrogen-bond acceptors (Lipinski definition) is 6. The summed E-state index contributed by atoms with van der Waals surface area (Å²) >= 11 is 3.41. The van der Waals surface area contributed by atoms with Gasteiger partial charge in [-0.1, -0.05) is 13.0 Å². The minimum atomic E-state index is 0.180. The van der Waals surface area contributed by atoms with Gasteiger partial charge in [0.15, 0.2) is 5.82 Å². The first kappa shape index (κ1) is 15.5. The standard InChI is InChI=1S/C14H18BrN5O/c1-3-9(2)21-11-6-4-5-10(7-11)19-13-12(15)14(20-16)18-8-17-13/h4-9H,3,16H2,1-2H3,(H2,17,18,19,20). The summed E-state index contributed by atoms with van der Waals surface area (Å²) in [5.41, 5.74) is 3.38. The van der Waals surface area contributed by atoms with E-state index in [2.05, 4.69) is 43.6 Å². The Hall–Kier alpha value is -1.86. The zero-order valence-corrected chi connectivity index (χ0v) is 13.5. The Morgan fingerprint density at radius 1 is 1.33 bits per heavy atom. The second-order valence-electron chi connectivity index (χ2n) is 4.52. The van der Waals surface area contributed by atoms with Gasteiger partial charge in [-0.2, -0.15) is 0 Å². The number of nitrogens with two attached hydrogens (primary N) is 1. The van der Waals surface area contributed by atoms with Crippen LogP contribution in [0.25, 0.3) is 0 Å². The van der Waals surface area contributed by atoms with E-state index >= 15 is 0 Å². The molecule has 1 atom stereocenters. The van der Waals surface area contributed by atoms with Crippen molar-refractivity contribution in [3.8, 4) is 5.75 Å². The SMILES string of the molecule is CCC(C)Oc1cccc(Nc2ncnc(NN)c2Br)c1. The molecule has 2 aromatic rings. The molecular weight excluding hydrogens is 334 g/mol. The molecule has 0 aliphatic heterocycles. The fourth-order valence-electron chi connectivity index (χ4n) is 1.66. The molecule has 0 radical (unpaired) electrons. The van der Waals surface area contributed by atoms with Crippen molar-refractivity contribution in [3.63, 3.8) is 0 Å². The molecule has 0 saturated carbocycles. The number of anilines is 3. The fraction of sp³-hybridized carbons (Fsp3) is 0.286. The molecule has 21 heavy (non-hydrogen) atoms. The lowest BCUT2D eigenvalue weighted by molar-refractivity contribution is 0.217. The molecule has 7 heteroatoms. The Bertz CT molecular complexity index is 608. The summed E-state index contributed by atoms with van der Waals surface area (Å²) in [4.78, 5) is 8.19. The highest BCUT2D eigenvalue weighted by Gasteiger charge is 2.08. The van der Waals surface area contributed by atoms with Crippen molar-refractivity contribution in [2.24, 2.45) is 5.84 Å². The van der Waals surface area contributed by atoms with Gasteiger partial charge >= 0.3 is 0 Å². The van der Waals surface area contributed by atoms with Crippen molar-refractivity contribution >= 4 is 33.3 Å². The minimum absolute atomic E-state index is 0.180. The number of nitrogen functional groups attached to an aromatic ring is 1. The zero-order chi connectivity index (χ0) is 15.2. The molecule has 0 bridgehead atoms. The Balaban J connectivity index is 2.18. The predicted octanol–water partition coefficient (Wildman–Crippen LogP) is 3.45. The number of hydrazine groups is 1. The van der Waals surface area contributed by atoms with Gasteiger partial charge < -0.3 is 15.5 Å². The zero-order valence-electron chi connectivity index (χ0n) is 11.9. The molecule has 0 aliphatic rings. The Morgan fingerprint density at radius 3 is 2.81 bits per heavy atom. The molecular formula is C14H18BrN5O. The van der Waals surface area contributed by atoms with Crippen LogP contribution >= 0.6 is 15.9 Å². The summed E-state index contributed by atoms with van der Waals surface area (Å²) in [5.74, 6) is 7.34. The number of halogens is 1. The van der Waals surface area contributed by atoms with E-state index in [4.69, 9.17) is 10.6 Å². The molecule has 0 saturated heterocycles. The van der Waals surface area contributed by atoms with Crippen molar-refractivity contribution in [1.29, 1.82) is 0 Å². The monoisotopic (exact) mass is 351 g/mol. The molecule has 112 valence electrons. The lowest BCUT2D eigenvalue weighted by Gasteiger charge is -2.14. The van der Waals surface area contributed by atoms with E-state index in [-0.39, 0.29) is 6.10 Å². The third kappa shape index (κ3) is 4.05. The molecule has 1 aromatic carbocycles. The van der Waals surface area contributed by atoms with Crippen molar-refractivity contribution in [2.75, 3.05) is 10.7 Å². The number of rotatable bonds is 6. The van der Waals surface area contributed by atoms with E-state index in [0.29, 0.717) is 16.1 Å². The van der Waals surface area contributed by atoms with Crippen molar-refractivity contribution in [2.45, 2.75) is 26.4 Å². The predicted molar refractivity (Wildman–Crippen MR) is 87.6 cm³/mol.